The maximum atomic E-state index is 12.0. The van der Waals surface area contributed by atoms with Crippen molar-refractivity contribution in [1.29, 1.82) is 0 Å². The zero-order chi connectivity index (χ0) is 10.8. The van der Waals surface area contributed by atoms with Crippen LogP contribution >= 0.6 is 0 Å². The Balaban J connectivity index is 2.46. The third kappa shape index (κ3) is 2.60. The summed E-state index contributed by atoms with van der Waals surface area (Å²) in [5, 5.41) is 8.59. The van der Waals surface area contributed by atoms with Crippen molar-refractivity contribution in [2.24, 2.45) is 5.92 Å². The minimum absolute atomic E-state index is 0.00583. The van der Waals surface area contributed by atoms with Crippen LogP contribution in [0.15, 0.2) is 0 Å². The van der Waals surface area contributed by atoms with Gasteiger partial charge in [-0.2, -0.15) is 13.2 Å². The fraction of sp³-hybridized carbons (Fsp3) is 0.875. The van der Waals surface area contributed by atoms with Gasteiger partial charge in [0.25, 0.3) is 0 Å². The van der Waals surface area contributed by atoms with E-state index in [9.17, 15) is 18.0 Å². The molecule has 0 spiro atoms. The number of aliphatic hydroxyl groups excluding tert-OH is 1. The van der Waals surface area contributed by atoms with Crippen LogP contribution in [0.5, 0.6) is 0 Å². The lowest BCUT2D eigenvalue weighted by atomic mass is 10.1. The van der Waals surface area contributed by atoms with Crippen LogP contribution in [0.4, 0.5) is 13.2 Å². The Hall–Kier alpha value is -0.780. The minimum atomic E-state index is -4.77. The van der Waals surface area contributed by atoms with Gasteiger partial charge in [-0.05, 0) is 18.8 Å². The van der Waals surface area contributed by atoms with Crippen molar-refractivity contribution in [3.8, 4) is 0 Å². The smallest absolute Gasteiger partial charge is 0.396 e. The molecule has 1 amide bonds. The summed E-state index contributed by atoms with van der Waals surface area (Å²) >= 11 is 0. The van der Waals surface area contributed by atoms with E-state index in [1.54, 1.807) is 0 Å². The first-order valence-corrected chi connectivity index (χ1v) is 4.42. The Kier molecular flexibility index (Phi) is 3.36. The molecule has 1 rings (SSSR count). The van der Waals surface area contributed by atoms with E-state index in [-0.39, 0.29) is 25.6 Å². The summed E-state index contributed by atoms with van der Waals surface area (Å²) in [7, 11) is 0. The molecule has 82 valence electrons. The summed E-state index contributed by atoms with van der Waals surface area (Å²) in [6.45, 7) is 0.209. The molecular weight excluding hydrogens is 199 g/mol. The Morgan fingerprint density at radius 3 is 2.64 bits per heavy atom. The van der Waals surface area contributed by atoms with E-state index in [1.807, 2.05) is 0 Å². The van der Waals surface area contributed by atoms with Gasteiger partial charge in [-0.1, -0.05) is 0 Å². The molecule has 0 aromatic heterocycles. The lowest BCUT2D eigenvalue weighted by Crippen LogP contribution is -2.39. The van der Waals surface area contributed by atoms with E-state index >= 15 is 0 Å². The SMILES string of the molecule is O=C(N1CCC(CCO)C1)C(F)(F)F. The van der Waals surface area contributed by atoms with Gasteiger partial charge in [-0.15, -0.1) is 0 Å². The number of carbonyl (C=O) groups is 1. The Morgan fingerprint density at radius 2 is 2.14 bits per heavy atom. The molecule has 0 aliphatic carbocycles. The van der Waals surface area contributed by atoms with Gasteiger partial charge in [0.05, 0.1) is 0 Å². The van der Waals surface area contributed by atoms with E-state index in [1.165, 1.54) is 0 Å². The highest BCUT2D eigenvalue weighted by molar-refractivity contribution is 5.82. The van der Waals surface area contributed by atoms with Crippen LogP contribution in [0.2, 0.25) is 0 Å². The van der Waals surface area contributed by atoms with Gasteiger partial charge in [0, 0.05) is 19.7 Å². The Morgan fingerprint density at radius 1 is 1.50 bits per heavy atom. The summed E-state index contributed by atoms with van der Waals surface area (Å²) in [4.78, 5) is 11.6. The van der Waals surface area contributed by atoms with Crippen LogP contribution in [-0.4, -0.2) is 41.8 Å². The average Bonchev–Trinajstić information content (AvgIpc) is 2.50. The third-order valence-corrected chi connectivity index (χ3v) is 2.35. The van der Waals surface area contributed by atoms with Gasteiger partial charge in [0.1, 0.15) is 0 Å². The molecule has 6 heteroatoms. The zero-order valence-corrected chi connectivity index (χ0v) is 7.55. The summed E-state index contributed by atoms with van der Waals surface area (Å²) in [5.74, 6) is -1.76. The first-order chi connectivity index (χ1) is 6.45. The molecule has 0 radical (unpaired) electrons. The van der Waals surface area contributed by atoms with Gasteiger partial charge < -0.3 is 10.0 Å². The second-order valence-corrected chi connectivity index (χ2v) is 3.42. The molecule has 14 heavy (non-hydrogen) atoms. The minimum Gasteiger partial charge on any atom is -0.396 e. The van der Waals surface area contributed by atoms with Gasteiger partial charge in [-0.25, -0.2) is 0 Å². The molecule has 1 aliphatic heterocycles. The van der Waals surface area contributed by atoms with Crippen molar-refractivity contribution < 1.29 is 23.1 Å². The number of aliphatic hydroxyl groups is 1. The van der Waals surface area contributed by atoms with Crippen LogP contribution in [0, 0.1) is 5.92 Å². The topological polar surface area (TPSA) is 40.5 Å². The molecular formula is C8H12F3NO2. The van der Waals surface area contributed by atoms with E-state index in [2.05, 4.69) is 0 Å². The molecule has 0 bridgehead atoms. The second kappa shape index (κ2) is 4.16. The number of hydrogen-bond donors (Lipinski definition) is 1. The quantitative estimate of drug-likeness (QED) is 0.733. The van der Waals surface area contributed by atoms with Crippen LogP contribution < -0.4 is 0 Å². The van der Waals surface area contributed by atoms with E-state index in [4.69, 9.17) is 5.11 Å². The number of halogens is 3. The maximum Gasteiger partial charge on any atom is 0.471 e. The van der Waals surface area contributed by atoms with Crippen molar-refractivity contribution in [3.63, 3.8) is 0 Å². The Bertz CT molecular complexity index is 217. The van der Waals surface area contributed by atoms with E-state index in [0.717, 1.165) is 4.90 Å². The highest BCUT2D eigenvalue weighted by Crippen LogP contribution is 2.25. The first kappa shape index (κ1) is 11.3. The summed E-state index contributed by atoms with van der Waals surface area (Å²) in [6.07, 6.45) is -3.77. The Labute approximate surface area is 79.5 Å². The fourth-order valence-electron chi connectivity index (χ4n) is 1.61. The molecule has 1 saturated heterocycles. The van der Waals surface area contributed by atoms with Gasteiger partial charge in [-0.3, -0.25) is 4.79 Å². The average molecular weight is 211 g/mol. The number of carbonyl (C=O) groups excluding carboxylic acids is 1. The van der Waals surface area contributed by atoms with E-state index in [0.29, 0.717) is 12.8 Å². The van der Waals surface area contributed by atoms with Crippen molar-refractivity contribution in [3.05, 3.63) is 0 Å². The zero-order valence-electron chi connectivity index (χ0n) is 7.55. The summed E-state index contributed by atoms with van der Waals surface area (Å²) in [5.41, 5.74) is 0. The number of hydrogen-bond acceptors (Lipinski definition) is 2. The lowest BCUT2D eigenvalue weighted by Gasteiger charge is -2.17. The van der Waals surface area contributed by atoms with Gasteiger partial charge >= 0.3 is 12.1 Å². The first-order valence-electron chi connectivity index (χ1n) is 4.42. The highest BCUT2D eigenvalue weighted by Gasteiger charge is 2.44. The molecule has 1 fully saturated rings. The predicted octanol–water partition coefficient (Wildman–Crippen LogP) is 0.780. The number of likely N-dealkylation sites (tertiary alicyclic amines) is 1. The molecule has 1 aliphatic rings. The van der Waals surface area contributed by atoms with Crippen LogP contribution in [0.3, 0.4) is 0 Å². The molecule has 0 aromatic carbocycles. The van der Waals surface area contributed by atoms with Crippen LogP contribution in [0.1, 0.15) is 12.8 Å². The van der Waals surface area contributed by atoms with Gasteiger partial charge in [0.2, 0.25) is 0 Å². The normalized spacial score (nSPS) is 22.9. The van der Waals surface area contributed by atoms with Crippen LogP contribution in [-0.2, 0) is 4.79 Å². The highest BCUT2D eigenvalue weighted by atomic mass is 19.4. The molecule has 0 aromatic rings. The molecule has 0 saturated carbocycles. The predicted molar refractivity (Wildman–Crippen MR) is 42.4 cm³/mol. The standard InChI is InChI=1S/C8H12F3NO2/c9-8(10,11)7(14)12-3-1-6(5-12)2-4-13/h6,13H,1-5H2. The molecule has 1 heterocycles. The summed E-state index contributed by atoms with van der Waals surface area (Å²) in [6, 6.07) is 0. The fourth-order valence-corrected chi connectivity index (χ4v) is 1.61. The largest absolute Gasteiger partial charge is 0.471 e. The van der Waals surface area contributed by atoms with Crippen molar-refractivity contribution in [2.45, 2.75) is 19.0 Å². The monoisotopic (exact) mass is 211 g/mol. The number of nitrogens with zero attached hydrogens (tertiary/aromatic N) is 1. The number of rotatable bonds is 2. The van der Waals surface area contributed by atoms with Crippen molar-refractivity contribution in [1.82, 2.24) is 4.90 Å². The van der Waals surface area contributed by atoms with Gasteiger partial charge in [0.15, 0.2) is 0 Å². The van der Waals surface area contributed by atoms with Crippen molar-refractivity contribution in [2.75, 3.05) is 19.7 Å². The molecule has 1 atom stereocenters. The third-order valence-electron chi connectivity index (χ3n) is 2.35. The lowest BCUT2D eigenvalue weighted by molar-refractivity contribution is -0.184. The second-order valence-electron chi connectivity index (χ2n) is 3.42. The van der Waals surface area contributed by atoms with E-state index < -0.39 is 12.1 Å². The maximum absolute atomic E-state index is 12.0. The molecule has 3 nitrogen and oxygen atoms in total. The molecule has 1 N–H and O–H groups in total. The van der Waals surface area contributed by atoms with Crippen molar-refractivity contribution >= 4 is 5.91 Å². The van der Waals surface area contributed by atoms with Crippen LogP contribution in [0.25, 0.3) is 0 Å². The molecule has 1 unspecified atom stereocenters. The number of alkyl halides is 3. The number of amides is 1. The summed E-state index contributed by atoms with van der Waals surface area (Å²) < 4.78 is 35.9.